The number of benzene rings is 2. The van der Waals surface area contributed by atoms with Crippen molar-refractivity contribution in [3.63, 3.8) is 0 Å². The normalized spacial score (nSPS) is 14.8. The van der Waals surface area contributed by atoms with Gasteiger partial charge in [0.05, 0.1) is 0 Å². The summed E-state index contributed by atoms with van der Waals surface area (Å²) in [6.45, 7) is 1.27. The minimum atomic E-state index is -0.0893. The molecule has 0 saturated carbocycles. The highest BCUT2D eigenvalue weighted by Gasteiger charge is 2.24. The Balaban J connectivity index is 1.48. The third-order valence-electron chi connectivity index (χ3n) is 4.23. The highest BCUT2D eigenvalue weighted by atomic mass is 127. The molecule has 3 amide bonds. The molecule has 0 bridgehead atoms. The number of para-hydroxylation sites is 1. The van der Waals surface area contributed by atoms with E-state index >= 15 is 0 Å². The van der Waals surface area contributed by atoms with Crippen LogP contribution in [0, 0.1) is 3.57 Å². The summed E-state index contributed by atoms with van der Waals surface area (Å²) < 4.78 is 1.04. The maximum Gasteiger partial charge on any atom is 0.321 e. The van der Waals surface area contributed by atoms with Crippen LogP contribution in [0.1, 0.15) is 23.2 Å². The molecule has 0 radical (unpaired) electrons. The first-order valence-corrected chi connectivity index (χ1v) is 9.37. The number of hydrogen-bond donors (Lipinski definition) is 2. The topological polar surface area (TPSA) is 61.4 Å². The number of nitrogens with zero attached hydrogens (tertiary/aromatic N) is 1. The Morgan fingerprint density at radius 2 is 1.72 bits per heavy atom. The van der Waals surface area contributed by atoms with Crippen molar-refractivity contribution in [2.75, 3.05) is 18.4 Å². The molecule has 6 heteroatoms. The molecule has 0 spiro atoms. The first-order valence-electron chi connectivity index (χ1n) is 8.29. The molecule has 3 rings (SSSR count). The first kappa shape index (κ1) is 17.7. The summed E-state index contributed by atoms with van der Waals surface area (Å²) in [7, 11) is 0. The summed E-state index contributed by atoms with van der Waals surface area (Å²) in [5.74, 6) is -0.0503. The third-order valence-corrected chi connectivity index (χ3v) is 4.90. The third kappa shape index (κ3) is 4.94. The van der Waals surface area contributed by atoms with E-state index in [9.17, 15) is 9.59 Å². The van der Waals surface area contributed by atoms with Crippen molar-refractivity contribution in [1.82, 2.24) is 10.2 Å². The fraction of sp³-hybridized carbons (Fsp3) is 0.263. The highest BCUT2D eigenvalue weighted by molar-refractivity contribution is 14.1. The molecular formula is C19H20IN3O2. The maximum absolute atomic E-state index is 12.3. The van der Waals surface area contributed by atoms with Gasteiger partial charge >= 0.3 is 6.03 Å². The molecule has 0 aliphatic carbocycles. The predicted octanol–water partition coefficient (Wildman–Crippen LogP) is 3.72. The average Bonchev–Trinajstić information content (AvgIpc) is 2.63. The van der Waals surface area contributed by atoms with Crippen LogP contribution in [0.3, 0.4) is 0 Å². The smallest absolute Gasteiger partial charge is 0.321 e. The molecule has 2 N–H and O–H groups in total. The van der Waals surface area contributed by atoms with E-state index in [-0.39, 0.29) is 18.0 Å². The molecule has 1 saturated heterocycles. The van der Waals surface area contributed by atoms with E-state index in [1.165, 1.54) is 0 Å². The van der Waals surface area contributed by atoms with Gasteiger partial charge in [-0.25, -0.2) is 4.79 Å². The average molecular weight is 449 g/mol. The second-order valence-corrected chi connectivity index (χ2v) is 7.29. The zero-order valence-corrected chi connectivity index (χ0v) is 15.9. The van der Waals surface area contributed by atoms with Crippen LogP contribution in [0.25, 0.3) is 0 Å². The van der Waals surface area contributed by atoms with Crippen LogP contribution in [0.2, 0.25) is 0 Å². The Bertz CT molecular complexity index is 743. The van der Waals surface area contributed by atoms with Gasteiger partial charge in [-0.3, -0.25) is 4.79 Å². The lowest BCUT2D eigenvalue weighted by molar-refractivity contribution is 0.0919. The van der Waals surface area contributed by atoms with Crippen LogP contribution >= 0.6 is 22.6 Å². The minimum Gasteiger partial charge on any atom is -0.349 e. The largest absolute Gasteiger partial charge is 0.349 e. The van der Waals surface area contributed by atoms with Crippen molar-refractivity contribution >= 4 is 40.2 Å². The van der Waals surface area contributed by atoms with Crippen LogP contribution in [0.4, 0.5) is 10.5 Å². The van der Waals surface area contributed by atoms with Crippen molar-refractivity contribution in [3.05, 3.63) is 63.7 Å². The molecule has 1 fully saturated rings. The summed E-state index contributed by atoms with van der Waals surface area (Å²) in [6.07, 6.45) is 1.52. The van der Waals surface area contributed by atoms with E-state index in [1.54, 1.807) is 4.90 Å². The van der Waals surface area contributed by atoms with E-state index in [0.717, 1.165) is 22.1 Å². The van der Waals surface area contributed by atoms with Crippen molar-refractivity contribution in [2.24, 2.45) is 0 Å². The first-order chi connectivity index (χ1) is 12.1. The molecule has 2 aromatic carbocycles. The van der Waals surface area contributed by atoms with Gasteiger partial charge in [0.2, 0.25) is 0 Å². The Kier molecular flexibility index (Phi) is 5.91. The summed E-state index contributed by atoms with van der Waals surface area (Å²) in [4.78, 5) is 26.4. The molecule has 0 unspecified atom stereocenters. The van der Waals surface area contributed by atoms with E-state index in [0.29, 0.717) is 18.7 Å². The van der Waals surface area contributed by atoms with Gasteiger partial charge in [-0.1, -0.05) is 24.3 Å². The summed E-state index contributed by atoms with van der Waals surface area (Å²) in [5.41, 5.74) is 1.47. The number of piperidine rings is 1. The molecular weight excluding hydrogens is 429 g/mol. The van der Waals surface area contributed by atoms with Gasteiger partial charge in [-0.05, 0) is 65.8 Å². The second kappa shape index (κ2) is 8.33. The van der Waals surface area contributed by atoms with Gasteiger partial charge in [-0.2, -0.15) is 0 Å². The van der Waals surface area contributed by atoms with E-state index < -0.39 is 0 Å². The number of carbonyl (C=O) groups excluding carboxylic acids is 2. The monoisotopic (exact) mass is 449 g/mol. The molecule has 0 atom stereocenters. The Morgan fingerprint density at radius 1 is 1.00 bits per heavy atom. The van der Waals surface area contributed by atoms with Gasteiger partial charge in [0.15, 0.2) is 0 Å². The van der Waals surface area contributed by atoms with Crippen molar-refractivity contribution in [3.8, 4) is 0 Å². The number of hydrogen-bond acceptors (Lipinski definition) is 2. The van der Waals surface area contributed by atoms with Gasteiger partial charge in [-0.15, -0.1) is 0 Å². The van der Waals surface area contributed by atoms with Gasteiger partial charge < -0.3 is 15.5 Å². The van der Waals surface area contributed by atoms with Crippen LogP contribution in [-0.2, 0) is 0 Å². The number of nitrogens with one attached hydrogen (secondary N) is 2. The van der Waals surface area contributed by atoms with Crippen molar-refractivity contribution < 1.29 is 9.59 Å². The van der Waals surface area contributed by atoms with Crippen molar-refractivity contribution in [2.45, 2.75) is 18.9 Å². The summed E-state index contributed by atoms with van der Waals surface area (Å²) in [5, 5.41) is 5.97. The maximum atomic E-state index is 12.3. The lowest BCUT2D eigenvalue weighted by atomic mass is 10.0. The highest BCUT2D eigenvalue weighted by Crippen LogP contribution is 2.14. The van der Waals surface area contributed by atoms with Gasteiger partial charge in [0.25, 0.3) is 5.91 Å². The number of amides is 3. The fourth-order valence-corrected chi connectivity index (χ4v) is 3.39. The molecule has 2 aromatic rings. The molecule has 25 heavy (non-hydrogen) atoms. The van der Waals surface area contributed by atoms with Crippen LogP contribution in [-0.4, -0.2) is 36.0 Å². The zero-order chi connectivity index (χ0) is 17.6. The number of rotatable bonds is 3. The van der Waals surface area contributed by atoms with E-state index in [2.05, 4.69) is 33.2 Å². The predicted molar refractivity (Wildman–Crippen MR) is 107 cm³/mol. The Hall–Kier alpha value is -2.09. The van der Waals surface area contributed by atoms with Gasteiger partial charge in [0.1, 0.15) is 0 Å². The number of anilines is 1. The molecule has 130 valence electrons. The van der Waals surface area contributed by atoms with Crippen LogP contribution < -0.4 is 10.6 Å². The second-order valence-electron chi connectivity index (χ2n) is 6.04. The Labute approximate surface area is 160 Å². The summed E-state index contributed by atoms with van der Waals surface area (Å²) >= 11 is 2.20. The number of likely N-dealkylation sites (tertiary alicyclic amines) is 1. The zero-order valence-electron chi connectivity index (χ0n) is 13.7. The fourth-order valence-electron chi connectivity index (χ4n) is 2.85. The number of halogens is 1. The van der Waals surface area contributed by atoms with Gasteiger partial charge in [0, 0.05) is 34.0 Å². The van der Waals surface area contributed by atoms with Crippen LogP contribution in [0.5, 0.6) is 0 Å². The number of carbonyl (C=O) groups is 2. The van der Waals surface area contributed by atoms with E-state index in [1.807, 2.05) is 54.6 Å². The standard InChI is InChI=1S/C19H20IN3O2/c20-15-6-4-5-14(13-15)18(24)21-17-9-11-23(12-10-17)19(25)22-16-7-2-1-3-8-16/h1-8,13,17H,9-12H2,(H,21,24)(H,22,25). The lowest BCUT2D eigenvalue weighted by Crippen LogP contribution is -2.47. The Morgan fingerprint density at radius 3 is 2.40 bits per heavy atom. The molecule has 0 aromatic heterocycles. The quantitative estimate of drug-likeness (QED) is 0.702. The van der Waals surface area contributed by atoms with Crippen LogP contribution in [0.15, 0.2) is 54.6 Å². The molecule has 1 aliphatic heterocycles. The molecule has 1 aliphatic rings. The van der Waals surface area contributed by atoms with E-state index in [4.69, 9.17) is 0 Å². The lowest BCUT2D eigenvalue weighted by Gasteiger charge is -2.32. The molecule has 1 heterocycles. The SMILES string of the molecule is O=C(NC1CCN(C(=O)Nc2ccccc2)CC1)c1cccc(I)c1. The summed E-state index contributed by atoms with van der Waals surface area (Å²) in [6, 6.07) is 17.0. The van der Waals surface area contributed by atoms with Crippen molar-refractivity contribution in [1.29, 1.82) is 0 Å². The molecule has 5 nitrogen and oxygen atoms in total. The minimum absolute atomic E-state index is 0.0503. The number of urea groups is 1.